The topological polar surface area (TPSA) is 26.3 Å². The van der Waals surface area contributed by atoms with Gasteiger partial charge in [-0.05, 0) is 42.0 Å². The van der Waals surface area contributed by atoms with Crippen molar-refractivity contribution in [1.29, 1.82) is 0 Å². The van der Waals surface area contributed by atoms with Gasteiger partial charge in [-0.1, -0.05) is 35.0 Å². The zero-order valence-electron chi connectivity index (χ0n) is 10.4. The lowest BCUT2D eigenvalue weighted by atomic mass is 10.1. The number of rotatable bonds is 4. The van der Waals surface area contributed by atoms with Crippen LogP contribution in [0.2, 0.25) is 0 Å². The fraction of sp³-hybridized carbons (Fsp3) is 0.267. The van der Waals surface area contributed by atoms with Crippen LogP contribution in [0.1, 0.15) is 20.3 Å². The Morgan fingerprint density at radius 3 is 2.61 bits per heavy atom. The zero-order valence-corrected chi connectivity index (χ0v) is 12.0. The second-order valence-corrected chi connectivity index (χ2v) is 5.15. The Bertz CT molecular complexity index is 578. The van der Waals surface area contributed by atoms with Gasteiger partial charge in [-0.15, -0.1) is 0 Å². The van der Waals surface area contributed by atoms with Crippen LogP contribution in [0.4, 0.5) is 0 Å². The van der Waals surface area contributed by atoms with Gasteiger partial charge >= 0.3 is 0 Å². The number of ketones is 1. The Hall–Kier alpha value is -1.35. The van der Waals surface area contributed by atoms with Gasteiger partial charge in [0.2, 0.25) is 0 Å². The van der Waals surface area contributed by atoms with E-state index in [9.17, 15) is 4.79 Å². The van der Waals surface area contributed by atoms with E-state index in [-0.39, 0.29) is 11.9 Å². The van der Waals surface area contributed by atoms with Crippen LogP contribution in [-0.4, -0.2) is 11.9 Å². The molecule has 2 nitrogen and oxygen atoms in total. The SMILES string of the molecule is CCC(=O)C(C)Oc1ccc2cc(Br)ccc2c1. The van der Waals surface area contributed by atoms with Crippen LogP contribution in [0.15, 0.2) is 40.9 Å². The molecule has 18 heavy (non-hydrogen) atoms. The van der Waals surface area contributed by atoms with Gasteiger partial charge in [-0.2, -0.15) is 0 Å². The number of fused-ring (bicyclic) bond motifs is 1. The Labute approximate surface area is 115 Å². The van der Waals surface area contributed by atoms with Gasteiger partial charge < -0.3 is 4.74 Å². The van der Waals surface area contributed by atoms with Gasteiger partial charge in [-0.25, -0.2) is 0 Å². The molecule has 0 amide bonds. The van der Waals surface area contributed by atoms with Crippen molar-refractivity contribution in [3.63, 3.8) is 0 Å². The number of hydrogen-bond acceptors (Lipinski definition) is 2. The van der Waals surface area contributed by atoms with E-state index < -0.39 is 0 Å². The molecule has 1 unspecified atom stereocenters. The van der Waals surface area contributed by atoms with Crippen molar-refractivity contribution in [2.45, 2.75) is 26.4 Å². The minimum Gasteiger partial charge on any atom is -0.483 e. The van der Waals surface area contributed by atoms with Crippen LogP contribution in [0, 0.1) is 0 Å². The summed E-state index contributed by atoms with van der Waals surface area (Å²) in [6.45, 7) is 3.64. The van der Waals surface area contributed by atoms with Crippen molar-refractivity contribution in [3.8, 4) is 5.75 Å². The molecule has 0 aliphatic rings. The molecule has 0 aromatic heterocycles. The van der Waals surface area contributed by atoms with Crippen molar-refractivity contribution >= 4 is 32.5 Å². The summed E-state index contributed by atoms with van der Waals surface area (Å²) in [5.74, 6) is 0.852. The average molecular weight is 307 g/mol. The van der Waals surface area contributed by atoms with Gasteiger partial charge in [0.1, 0.15) is 5.75 Å². The number of ether oxygens (including phenoxy) is 1. The Kier molecular flexibility index (Phi) is 4.02. The summed E-state index contributed by atoms with van der Waals surface area (Å²) in [6, 6.07) is 11.9. The third-order valence-electron chi connectivity index (χ3n) is 2.89. The fourth-order valence-electron chi connectivity index (χ4n) is 1.83. The molecule has 0 heterocycles. The van der Waals surface area contributed by atoms with E-state index in [4.69, 9.17) is 4.74 Å². The van der Waals surface area contributed by atoms with Crippen molar-refractivity contribution in [2.75, 3.05) is 0 Å². The smallest absolute Gasteiger partial charge is 0.172 e. The van der Waals surface area contributed by atoms with Crippen LogP contribution in [0.5, 0.6) is 5.75 Å². The highest BCUT2D eigenvalue weighted by molar-refractivity contribution is 9.10. The number of Topliss-reactive ketones (excluding diaryl/α,β-unsaturated/α-hetero) is 1. The van der Waals surface area contributed by atoms with Gasteiger partial charge in [0, 0.05) is 10.9 Å². The monoisotopic (exact) mass is 306 g/mol. The number of carbonyl (C=O) groups excluding carboxylic acids is 1. The predicted octanol–water partition coefficient (Wildman–Crippen LogP) is 4.35. The Morgan fingerprint density at radius 2 is 1.89 bits per heavy atom. The molecule has 3 heteroatoms. The molecule has 0 bridgehead atoms. The fourth-order valence-corrected chi connectivity index (χ4v) is 2.20. The number of carbonyl (C=O) groups is 1. The molecule has 0 N–H and O–H groups in total. The van der Waals surface area contributed by atoms with Crippen LogP contribution in [-0.2, 0) is 4.79 Å². The van der Waals surface area contributed by atoms with E-state index in [0.29, 0.717) is 6.42 Å². The van der Waals surface area contributed by atoms with E-state index in [1.807, 2.05) is 37.3 Å². The molecule has 2 aromatic carbocycles. The van der Waals surface area contributed by atoms with Crippen molar-refractivity contribution < 1.29 is 9.53 Å². The highest BCUT2D eigenvalue weighted by Crippen LogP contribution is 2.24. The lowest BCUT2D eigenvalue weighted by molar-refractivity contribution is -0.124. The summed E-state index contributed by atoms with van der Waals surface area (Å²) in [4.78, 5) is 11.5. The first-order valence-electron chi connectivity index (χ1n) is 5.99. The van der Waals surface area contributed by atoms with Crippen molar-refractivity contribution in [2.24, 2.45) is 0 Å². The molecule has 0 aliphatic heterocycles. The third kappa shape index (κ3) is 2.91. The summed E-state index contributed by atoms with van der Waals surface area (Å²) >= 11 is 3.44. The molecule has 2 rings (SSSR count). The van der Waals surface area contributed by atoms with Crippen LogP contribution in [0.25, 0.3) is 10.8 Å². The summed E-state index contributed by atoms with van der Waals surface area (Å²) in [5, 5.41) is 2.25. The first kappa shape index (κ1) is 13.1. The maximum absolute atomic E-state index is 11.5. The van der Waals surface area contributed by atoms with E-state index in [0.717, 1.165) is 21.0 Å². The lowest BCUT2D eigenvalue weighted by Gasteiger charge is -2.13. The van der Waals surface area contributed by atoms with Crippen molar-refractivity contribution in [1.82, 2.24) is 0 Å². The lowest BCUT2D eigenvalue weighted by Crippen LogP contribution is -2.22. The minimum atomic E-state index is -0.386. The molecule has 0 fully saturated rings. The second-order valence-electron chi connectivity index (χ2n) is 4.23. The van der Waals surface area contributed by atoms with Gasteiger partial charge in [0.05, 0.1) is 0 Å². The van der Waals surface area contributed by atoms with E-state index in [2.05, 4.69) is 22.0 Å². The minimum absolute atomic E-state index is 0.117. The first-order chi connectivity index (χ1) is 8.60. The standard InChI is InChI=1S/C15H15BrO2/c1-3-15(17)10(2)18-14-7-5-11-8-13(16)6-4-12(11)9-14/h4-10H,3H2,1-2H3. The molecule has 0 aliphatic carbocycles. The maximum Gasteiger partial charge on any atom is 0.172 e. The predicted molar refractivity (Wildman–Crippen MR) is 77.0 cm³/mol. The molecular formula is C15H15BrO2. The Balaban J connectivity index is 2.25. The van der Waals surface area contributed by atoms with Crippen LogP contribution >= 0.6 is 15.9 Å². The molecule has 0 radical (unpaired) electrons. The summed E-state index contributed by atoms with van der Waals surface area (Å²) in [5.41, 5.74) is 0. The summed E-state index contributed by atoms with van der Waals surface area (Å²) in [6.07, 6.45) is 0.115. The maximum atomic E-state index is 11.5. The molecule has 0 saturated carbocycles. The highest BCUT2D eigenvalue weighted by Gasteiger charge is 2.12. The van der Waals surface area contributed by atoms with Gasteiger partial charge in [0.15, 0.2) is 11.9 Å². The number of hydrogen-bond donors (Lipinski definition) is 0. The summed E-state index contributed by atoms with van der Waals surface area (Å²) in [7, 11) is 0. The summed E-state index contributed by atoms with van der Waals surface area (Å²) < 4.78 is 6.70. The number of benzene rings is 2. The normalized spacial score (nSPS) is 12.4. The van der Waals surface area contributed by atoms with Crippen LogP contribution < -0.4 is 4.74 Å². The average Bonchev–Trinajstić information content (AvgIpc) is 2.38. The largest absolute Gasteiger partial charge is 0.483 e. The molecule has 1 atom stereocenters. The molecule has 94 valence electrons. The zero-order chi connectivity index (χ0) is 13.1. The van der Waals surface area contributed by atoms with Crippen LogP contribution in [0.3, 0.4) is 0 Å². The second kappa shape index (κ2) is 5.53. The van der Waals surface area contributed by atoms with E-state index in [1.165, 1.54) is 0 Å². The third-order valence-corrected chi connectivity index (χ3v) is 3.38. The number of halogens is 1. The molecule has 0 spiro atoms. The van der Waals surface area contributed by atoms with E-state index in [1.54, 1.807) is 6.92 Å². The molecule has 2 aromatic rings. The highest BCUT2D eigenvalue weighted by atomic mass is 79.9. The van der Waals surface area contributed by atoms with E-state index >= 15 is 0 Å². The van der Waals surface area contributed by atoms with Gasteiger partial charge in [-0.3, -0.25) is 4.79 Å². The Morgan fingerprint density at radius 1 is 1.22 bits per heavy atom. The first-order valence-corrected chi connectivity index (χ1v) is 6.78. The molecular weight excluding hydrogens is 292 g/mol. The van der Waals surface area contributed by atoms with Gasteiger partial charge in [0.25, 0.3) is 0 Å². The quantitative estimate of drug-likeness (QED) is 0.839. The van der Waals surface area contributed by atoms with Crippen molar-refractivity contribution in [3.05, 3.63) is 40.9 Å². The molecule has 0 saturated heterocycles.